The van der Waals surface area contributed by atoms with Gasteiger partial charge in [-0.3, -0.25) is 4.90 Å². The molecule has 1 unspecified atom stereocenters. The van der Waals surface area contributed by atoms with Crippen LogP contribution >= 0.6 is 22.9 Å². The number of aliphatic hydroxyl groups excluding tert-OH is 1. The number of nitrogens with two attached hydrogens (primary N) is 1. The maximum Gasteiger partial charge on any atom is 0.319 e. The topological polar surface area (TPSA) is 112 Å². The summed E-state index contributed by atoms with van der Waals surface area (Å²) < 4.78 is 65.3. The average Bonchev–Trinajstić information content (AvgIpc) is 3.76. The van der Waals surface area contributed by atoms with E-state index in [2.05, 4.69) is 4.98 Å². The number of nitrogens with zero attached hydrogens (tertiary/aromatic N) is 5. The van der Waals surface area contributed by atoms with E-state index in [0.29, 0.717) is 43.7 Å². The van der Waals surface area contributed by atoms with Crippen LogP contribution in [0.25, 0.3) is 32.1 Å². The molecule has 3 aliphatic heterocycles. The lowest BCUT2D eigenvalue weighted by molar-refractivity contribution is 0.108. The zero-order valence-corrected chi connectivity index (χ0v) is 26.6. The quantitative estimate of drug-likeness (QED) is 0.219. The second-order valence-electron chi connectivity index (χ2n) is 13.2. The van der Waals surface area contributed by atoms with E-state index < -0.39 is 29.4 Å². The van der Waals surface area contributed by atoms with Crippen molar-refractivity contribution in [3.8, 4) is 23.2 Å². The first-order valence-electron chi connectivity index (χ1n) is 15.5. The number of aliphatic hydroxyl groups is 1. The summed E-state index contributed by atoms with van der Waals surface area (Å²) in [5.74, 6) is -0.767. The molecule has 5 heterocycles. The fourth-order valence-electron chi connectivity index (χ4n) is 8.29. The summed E-state index contributed by atoms with van der Waals surface area (Å²) in [7, 11) is 0. The van der Waals surface area contributed by atoms with Crippen molar-refractivity contribution in [2.45, 2.75) is 43.7 Å². The van der Waals surface area contributed by atoms with E-state index in [9.17, 15) is 23.5 Å². The number of nitrogen functional groups attached to an aromatic ring is 1. The van der Waals surface area contributed by atoms with E-state index in [-0.39, 0.29) is 85.3 Å². The third-order valence-electron chi connectivity index (χ3n) is 10.4. The lowest BCUT2D eigenvalue weighted by Crippen LogP contribution is -2.43. The zero-order chi connectivity index (χ0) is 32.8. The molecule has 8 rings (SSSR count). The standard InChI is InChI=1S/C33H29ClF4N6O2S/c34-21-8-19-27(26(36)25(21)18-2-3-22(35)28-24(18)20(10-39)30(40)47-28)41-32(42-31(19)43-11-15-6-16(12-43)23(45)7-15)46-14-33-4-1-5-44(33)13-17(9-33)29(37)38/h2-3,8,15-16,23,45H,1,4-7,9,11-14,40H2/t15-,16-,23-,33?/m1/s1. The van der Waals surface area contributed by atoms with Gasteiger partial charge in [-0.05, 0) is 62.3 Å². The first-order chi connectivity index (χ1) is 22.6. The molecule has 4 aromatic rings. The van der Waals surface area contributed by atoms with Gasteiger partial charge in [0.2, 0.25) is 0 Å². The number of nitriles is 1. The lowest BCUT2D eigenvalue weighted by atomic mass is 9.94. The van der Waals surface area contributed by atoms with Crippen LogP contribution in [0.5, 0.6) is 6.01 Å². The molecule has 244 valence electrons. The Labute approximate surface area is 276 Å². The summed E-state index contributed by atoms with van der Waals surface area (Å²) in [5.41, 5.74) is 5.55. The van der Waals surface area contributed by atoms with Gasteiger partial charge in [0.25, 0.3) is 6.08 Å². The predicted molar refractivity (Wildman–Crippen MR) is 172 cm³/mol. The van der Waals surface area contributed by atoms with Crippen LogP contribution in [0, 0.1) is 34.8 Å². The van der Waals surface area contributed by atoms with Crippen molar-refractivity contribution >= 4 is 54.7 Å². The van der Waals surface area contributed by atoms with E-state index >= 15 is 4.39 Å². The van der Waals surface area contributed by atoms with Crippen LogP contribution in [0.3, 0.4) is 0 Å². The van der Waals surface area contributed by atoms with Crippen LogP contribution < -0.4 is 15.4 Å². The number of fused-ring (bicyclic) bond motifs is 5. The van der Waals surface area contributed by atoms with E-state index in [4.69, 9.17) is 27.1 Å². The van der Waals surface area contributed by atoms with Crippen molar-refractivity contribution in [2.24, 2.45) is 11.8 Å². The number of anilines is 2. The number of aromatic nitrogens is 2. The molecular formula is C33H29ClF4N6O2S. The van der Waals surface area contributed by atoms with Crippen LogP contribution in [-0.4, -0.2) is 64.4 Å². The smallest absolute Gasteiger partial charge is 0.319 e. The Morgan fingerprint density at radius 1 is 1.23 bits per heavy atom. The molecule has 2 aromatic heterocycles. The Morgan fingerprint density at radius 3 is 2.83 bits per heavy atom. The fourth-order valence-corrected chi connectivity index (χ4v) is 9.53. The molecule has 1 saturated carbocycles. The van der Waals surface area contributed by atoms with Crippen molar-refractivity contribution in [3.63, 3.8) is 0 Å². The molecular weight excluding hydrogens is 656 g/mol. The second-order valence-corrected chi connectivity index (χ2v) is 14.6. The highest BCUT2D eigenvalue weighted by atomic mass is 35.5. The molecule has 4 fully saturated rings. The Kier molecular flexibility index (Phi) is 7.29. The number of rotatable bonds is 5. The number of benzene rings is 2. The minimum Gasteiger partial charge on any atom is -0.461 e. The number of hydrogen-bond acceptors (Lipinski definition) is 9. The number of hydrogen-bond donors (Lipinski definition) is 2. The van der Waals surface area contributed by atoms with Crippen LogP contribution in [0.2, 0.25) is 5.02 Å². The minimum atomic E-state index is -1.67. The molecule has 1 aliphatic carbocycles. The molecule has 14 heteroatoms. The monoisotopic (exact) mass is 684 g/mol. The van der Waals surface area contributed by atoms with Crippen LogP contribution in [0.15, 0.2) is 29.9 Å². The summed E-state index contributed by atoms with van der Waals surface area (Å²) in [6.45, 7) is 1.96. The van der Waals surface area contributed by atoms with E-state index in [1.807, 2.05) is 15.9 Å². The molecule has 47 heavy (non-hydrogen) atoms. The molecule has 3 saturated heterocycles. The highest BCUT2D eigenvalue weighted by Crippen LogP contribution is 2.47. The number of thiophene rings is 1. The Hall–Kier alpha value is -3.70. The summed E-state index contributed by atoms with van der Waals surface area (Å²) in [6.07, 6.45) is 1.11. The van der Waals surface area contributed by atoms with Gasteiger partial charge in [-0.1, -0.05) is 17.7 Å². The van der Waals surface area contributed by atoms with Gasteiger partial charge in [0.05, 0.1) is 26.9 Å². The van der Waals surface area contributed by atoms with Crippen LogP contribution in [-0.2, 0) is 0 Å². The van der Waals surface area contributed by atoms with Gasteiger partial charge in [0, 0.05) is 47.5 Å². The molecule has 2 aromatic carbocycles. The Balaban J connectivity index is 1.28. The molecule has 3 N–H and O–H groups in total. The van der Waals surface area contributed by atoms with Gasteiger partial charge >= 0.3 is 6.01 Å². The van der Waals surface area contributed by atoms with E-state index in [1.54, 1.807) is 6.07 Å². The van der Waals surface area contributed by atoms with Crippen molar-refractivity contribution in [1.82, 2.24) is 14.9 Å². The third-order valence-corrected chi connectivity index (χ3v) is 11.8. The molecule has 4 atom stereocenters. The van der Waals surface area contributed by atoms with E-state index in [0.717, 1.165) is 24.2 Å². The lowest BCUT2D eigenvalue weighted by Gasteiger charge is -2.34. The molecule has 0 amide bonds. The van der Waals surface area contributed by atoms with E-state index in [1.165, 1.54) is 12.1 Å². The average molecular weight is 685 g/mol. The van der Waals surface area contributed by atoms with Gasteiger partial charge < -0.3 is 20.5 Å². The maximum atomic E-state index is 16.9. The summed E-state index contributed by atoms with van der Waals surface area (Å²) >= 11 is 7.71. The van der Waals surface area contributed by atoms with Crippen molar-refractivity contribution in [2.75, 3.05) is 43.4 Å². The van der Waals surface area contributed by atoms with Gasteiger partial charge in [-0.25, -0.2) is 8.78 Å². The van der Waals surface area contributed by atoms with Crippen LogP contribution in [0.4, 0.5) is 28.4 Å². The molecule has 0 radical (unpaired) electrons. The second kappa shape index (κ2) is 11.2. The number of ether oxygens (including phenoxy) is 1. The highest BCUT2D eigenvalue weighted by molar-refractivity contribution is 7.23. The summed E-state index contributed by atoms with van der Waals surface area (Å²) in [4.78, 5) is 13.3. The first kappa shape index (κ1) is 30.6. The van der Waals surface area contributed by atoms with Gasteiger partial charge in [0.1, 0.15) is 34.8 Å². The van der Waals surface area contributed by atoms with Gasteiger partial charge in [-0.15, -0.1) is 11.3 Å². The van der Waals surface area contributed by atoms with Gasteiger partial charge in [-0.2, -0.15) is 24.0 Å². The summed E-state index contributed by atoms with van der Waals surface area (Å²) in [6, 6.07) is 6.01. The molecule has 0 spiro atoms. The normalized spacial score (nSPS) is 25.6. The SMILES string of the molecule is N#Cc1c(N)sc2c(F)ccc(-c3c(Cl)cc4c(N5C[C@@H]6C[C@H](C5)[C@H](O)C6)nc(OCC56CCCN5CC(=C(F)F)C6)nc4c3F)c12. The fraction of sp³-hybridized carbons (Fsp3) is 0.424. The third kappa shape index (κ3) is 4.83. The number of piperidine rings is 1. The van der Waals surface area contributed by atoms with Crippen molar-refractivity contribution < 1.29 is 27.4 Å². The molecule has 4 aliphatic rings. The zero-order valence-electron chi connectivity index (χ0n) is 25.0. The summed E-state index contributed by atoms with van der Waals surface area (Å²) in [5, 5.41) is 21.0. The van der Waals surface area contributed by atoms with Crippen molar-refractivity contribution in [3.05, 3.63) is 52.1 Å². The Morgan fingerprint density at radius 2 is 2.06 bits per heavy atom. The van der Waals surface area contributed by atoms with Crippen LogP contribution in [0.1, 0.15) is 37.7 Å². The first-order valence-corrected chi connectivity index (χ1v) is 16.7. The maximum absolute atomic E-state index is 16.9. The highest BCUT2D eigenvalue weighted by Gasteiger charge is 2.48. The minimum absolute atomic E-state index is 0.00844. The van der Waals surface area contributed by atoms with Gasteiger partial charge in [0.15, 0.2) is 5.82 Å². The Bertz CT molecular complexity index is 2050. The predicted octanol–water partition coefficient (Wildman–Crippen LogP) is 6.87. The largest absolute Gasteiger partial charge is 0.461 e. The molecule has 2 bridgehead atoms. The number of halogens is 5. The molecule has 8 nitrogen and oxygen atoms in total. The van der Waals surface area contributed by atoms with Crippen molar-refractivity contribution in [1.29, 1.82) is 5.26 Å².